The molecule has 1 fully saturated rings. The third kappa shape index (κ3) is 4.25. The fourth-order valence-electron chi connectivity index (χ4n) is 2.53. The highest BCUT2D eigenvalue weighted by Gasteiger charge is 2.31. The molecule has 0 amide bonds. The molecule has 0 radical (unpaired) electrons. The van der Waals surface area contributed by atoms with Crippen LogP contribution in [0.5, 0.6) is 0 Å². The summed E-state index contributed by atoms with van der Waals surface area (Å²) in [4.78, 5) is 2.33. The number of rotatable bonds is 4. The first-order valence-electron chi connectivity index (χ1n) is 6.41. The van der Waals surface area contributed by atoms with Crippen LogP contribution in [0.4, 0.5) is 0 Å². The molecule has 1 saturated heterocycles. The van der Waals surface area contributed by atoms with Gasteiger partial charge in [0.05, 0.1) is 5.60 Å². The van der Waals surface area contributed by atoms with E-state index in [1.807, 2.05) is 18.2 Å². The van der Waals surface area contributed by atoms with Crippen molar-refractivity contribution in [2.45, 2.75) is 24.9 Å². The molecule has 0 bridgehead atoms. The zero-order chi connectivity index (χ0) is 12.1. The number of likely N-dealkylation sites (tertiary alicyclic amines) is 1. The Kier molecular flexibility index (Phi) is 6.09. The number of halogens is 1. The predicted octanol–water partition coefficient (Wildman–Crippen LogP) is 1.44. The minimum Gasteiger partial charge on any atom is -0.389 e. The van der Waals surface area contributed by atoms with E-state index >= 15 is 0 Å². The maximum absolute atomic E-state index is 10.6. The van der Waals surface area contributed by atoms with E-state index in [2.05, 4.69) is 17.0 Å². The van der Waals surface area contributed by atoms with Crippen LogP contribution in [0.1, 0.15) is 18.4 Å². The number of piperidine rings is 1. The molecule has 0 spiro atoms. The second-order valence-electron chi connectivity index (χ2n) is 5.02. The zero-order valence-corrected chi connectivity index (χ0v) is 11.5. The second kappa shape index (κ2) is 7.10. The zero-order valence-electron chi connectivity index (χ0n) is 10.7. The molecule has 102 valence electrons. The molecule has 0 atom stereocenters. The van der Waals surface area contributed by atoms with Crippen LogP contribution in [0.3, 0.4) is 0 Å². The first-order chi connectivity index (χ1) is 8.22. The molecule has 1 aliphatic rings. The first-order valence-corrected chi connectivity index (χ1v) is 6.41. The highest BCUT2D eigenvalue weighted by Crippen LogP contribution is 2.26. The fraction of sp³-hybridized carbons (Fsp3) is 0.571. The minimum absolute atomic E-state index is 0. The number of hydrogen-bond donors (Lipinski definition) is 2. The summed E-state index contributed by atoms with van der Waals surface area (Å²) >= 11 is 0. The van der Waals surface area contributed by atoms with E-state index in [0.29, 0.717) is 6.54 Å². The summed E-state index contributed by atoms with van der Waals surface area (Å²) in [5.41, 5.74) is 6.25. The number of nitrogens with zero attached hydrogens (tertiary/aromatic N) is 1. The Hall–Kier alpha value is -0.610. The molecule has 4 heteroatoms. The number of nitrogens with two attached hydrogens (primary N) is 1. The molecule has 0 unspecified atom stereocenters. The lowest BCUT2D eigenvalue weighted by atomic mass is 9.85. The average Bonchev–Trinajstić information content (AvgIpc) is 2.34. The highest BCUT2D eigenvalue weighted by atomic mass is 35.5. The SMILES string of the molecule is Cl.NCCN1CCC(O)(Cc2ccccc2)CC1. The van der Waals surface area contributed by atoms with E-state index in [4.69, 9.17) is 5.73 Å². The Balaban J connectivity index is 0.00000162. The largest absolute Gasteiger partial charge is 0.389 e. The van der Waals surface area contributed by atoms with Crippen LogP contribution >= 0.6 is 12.4 Å². The van der Waals surface area contributed by atoms with E-state index in [-0.39, 0.29) is 12.4 Å². The smallest absolute Gasteiger partial charge is 0.0712 e. The van der Waals surface area contributed by atoms with Crippen LogP contribution in [0.2, 0.25) is 0 Å². The topological polar surface area (TPSA) is 49.5 Å². The van der Waals surface area contributed by atoms with Gasteiger partial charge in [-0.2, -0.15) is 0 Å². The summed E-state index contributed by atoms with van der Waals surface area (Å²) in [7, 11) is 0. The van der Waals surface area contributed by atoms with Crippen molar-refractivity contribution >= 4 is 12.4 Å². The monoisotopic (exact) mass is 270 g/mol. The van der Waals surface area contributed by atoms with E-state index in [9.17, 15) is 5.11 Å². The van der Waals surface area contributed by atoms with Gasteiger partial charge in [0.2, 0.25) is 0 Å². The maximum atomic E-state index is 10.6. The van der Waals surface area contributed by atoms with Gasteiger partial charge >= 0.3 is 0 Å². The van der Waals surface area contributed by atoms with Crippen LogP contribution in [0.25, 0.3) is 0 Å². The van der Waals surface area contributed by atoms with Crippen molar-refractivity contribution in [3.63, 3.8) is 0 Å². The van der Waals surface area contributed by atoms with Crippen molar-refractivity contribution in [3.05, 3.63) is 35.9 Å². The third-order valence-electron chi connectivity index (χ3n) is 3.61. The van der Waals surface area contributed by atoms with E-state index in [1.165, 1.54) is 5.56 Å². The van der Waals surface area contributed by atoms with Crippen LogP contribution < -0.4 is 5.73 Å². The fourth-order valence-corrected chi connectivity index (χ4v) is 2.53. The summed E-state index contributed by atoms with van der Waals surface area (Å²) in [6.07, 6.45) is 2.47. The summed E-state index contributed by atoms with van der Waals surface area (Å²) in [5, 5.41) is 10.6. The third-order valence-corrected chi connectivity index (χ3v) is 3.61. The van der Waals surface area contributed by atoms with Crippen LogP contribution in [0.15, 0.2) is 30.3 Å². The summed E-state index contributed by atoms with van der Waals surface area (Å²) in [5.74, 6) is 0. The molecular formula is C14H23ClN2O. The lowest BCUT2D eigenvalue weighted by molar-refractivity contribution is -0.0198. The highest BCUT2D eigenvalue weighted by molar-refractivity contribution is 5.85. The molecule has 0 saturated carbocycles. The van der Waals surface area contributed by atoms with Crippen molar-refractivity contribution in [1.29, 1.82) is 0 Å². The lowest BCUT2D eigenvalue weighted by Crippen LogP contribution is -2.46. The molecule has 3 N–H and O–H groups in total. The van der Waals surface area contributed by atoms with Gasteiger partial charge in [-0.25, -0.2) is 0 Å². The van der Waals surface area contributed by atoms with Gasteiger partial charge in [-0.1, -0.05) is 30.3 Å². The van der Waals surface area contributed by atoms with Crippen LogP contribution in [0, 0.1) is 0 Å². The minimum atomic E-state index is -0.521. The van der Waals surface area contributed by atoms with E-state index in [0.717, 1.165) is 38.9 Å². The molecule has 0 aromatic heterocycles. The number of aliphatic hydroxyl groups is 1. The molecule has 1 heterocycles. The normalized spacial score (nSPS) is 19.2. The van der Waals surface area contributed by atoms with Crippen molar-refractivity contribution in [2.75, 3.05) is 26.2 Å². The van der Waals surface area contributed by atoms with Gasteiger partial charge in [0.25, 0.3) is 0 Å². The quantitative estimate of drug-likeness (QED) is 0.870. The molecule has 1 aromatic rings. The summed E-state index contributed by atoms with van der Waals surface area (Å²) in [6, 6.07) is 10.2. The first kappa shape index (κ1) is 15.4. The van der Waals surface area contributed by atoms with Crippen LogP contribution in [-0.2, 0) is 6.42 Å². The van der Waals surface area contributed by atoms with E-state index < -0.39 is 5.60 Å². The number of benzene rings is 1. The number of hydrogen-bond acceptors (Lipinski definition) is 3. The Bertz CT molecular complexity index is 337. The summed E-state index contributed by atoms with van der Waals surface area (Å²) < 4.78 is 0. The van der Waals surface area contributed by atoms with Gasteiger partial charge in [-0.3, -0.25) is 0 Å². The Morgan fingerprint density at radius 1 is 1.17 bits per heavy atom. The van der Waals surface area contributed by atoms with E-state index in [1.54, 1.807) is 0 Å². The lowest BCUT2D eigenvalue weighted by Gasteiger charge is -2.38. The van der Waals surface area contributed by atoms with Crippen molar-refractivity contribution in [2.24, 2.45) is 5.73 Å². The Morgan fingerprint density at radius 3 is 2.33 bits per heavy atom. The Labute approximate surface area is 115 Å². The molecular weight excluding hydrogens is 248 g/mol. The molecule has 18 heavy (non-hydrogen) atoms. The Morgan fingerprint density at radius 2 is 1.78 bits per heavy atom. The van der Waals surface area contributed by atoms with Gasteiger partial charge < -0.3 is 15.7 Å². The second-order valence-corrected chi connectivity index (χ2v) is 5.02. The molecule has 1 aliphatic heterocycles. The molecule has 0 aliphatic carbocycles. The van der Waals surface area contributed by atoms with Gasteiger partial charge in [0, 0.05) is 32.6 Å². The average molecular weight is 271 g/mol. The van der Waals surface area contributed by atoms with Crippen molar-refractivity contribution in [1.82, 2.24) is 4.90 Å². The van der Waals surface area contributed by atoms with Crippen LogP contribution in [-0.4, -0.2) is 41.8 Å². The van der Waals surface area contributed by atoms with Gasteiger partial charge in [0.15, 0.2) is 0 Å². The summed E-state index contributed by atoms with van der Waals surface area (Å²) in [6.45, 7) is 3.57. The van der Waals surface area contributed by atoms with Gasteiger partial charge in [-0.15, -0.1) is 12.4 Å². The molecule has 1 aromatic carbocycles. The molecule has 2 rings (SSSR count). The maximum Gasteiger partial charge on any atom is 0.0712 e. The van der Waals surface area contributed by atoms with Gasteiger partial charge in [-0.05, 0) is 18.4 Å². The standard InChI is InChI=1S/C14H22N2O.ClH/c15-8-11-16-9-6-14(17,7-10-16)12-13-4-2-1-3-5-13;/h1-5,17H,6-12,15H2;1H. The predicted molar refractivity (Wildman–Crippen MR) is 77.1 cm³/mol. The van der Waals surface area contributed by atoms with Crippen molar-refractivity contribution < 1.29 is 5.11 Å². The van der Waals surface area contributed by atoms with Crippen molar-refractivity contribution in [3.8, 4) is 0 Å². The molecule has 3 nitrogen and oxygen atoms in total. The van der Waals surface area contributed by atoms with Gasteiger partial charge in [0.1, 0.15) is 0 Å².